The van der Waals surface area contributed by atoms with Crippen molar-refractivity contribution < 1.29 is 19.0 Å². The Bertz CT molecular complexity index is 750. The minimum absolute atomic E-state index is 0.225. The highest BCUT2D eigenvalue weighted by Crippen LogP contribution is 2.27. The standard InChI is InChI=1S/C21H26O4/c1-6-24-21(22)12-17-9-7-15(3)20(11-17)25-13-18-14(2)8-10-19(23-5)16(18)4/h7-11H,6,12-13H2,1-5H3. The summed E-state index contributed by atoms with van der Waals surface area (Å²) in [6.07, 6.45) is 0.252. The maximum atomic E-state index is 11.7. The molecule has 0 aliphatic rings. The first-order valence-corrected chi connectivity index (χ1v) is 8.47. The van der Waals surface area contributed by atoms with Gasteiger partial charge in [0.15, 0.2) is 0 Å². The molecule has 0 N–H and O–H groups in total. The molecule has 4 nitrogen and oxygen atoms in total. The van der Waals surface area contributed by atoms with Crippen molar-refractivity contribution in [3.63, 3.8) is 0 Å². The molecule has 4 heteroatoms. The van der Waals surface area contributed by atoms with E-state index < -0.39 is 0 Å². The zero-order chi connectivity index (χ0) is 18.4. The van der Waals surface area contributed by atoms with Crippen molar-refractivity contribution in [2.75, 3.05) is 13.7 Å². The predicted molar refractivity (Wildman–Crippen MR) is 98.3 cm³/mol. The van der Waals surface area contributed by atoms with E-state index in [4.69, 9.17) is 14.2 Å². The van der Waals surface area contributed by atoms with Crippen LogP contribution in [0.4, 0.5) is 0 Å². The smallest absolute Gasteiger partial charge is 0.310 e. The van der Waals surface area contributed by atoms with Crippen molar-refractivity contribution >= 4 is 5.97 Å². The average molecular weight is 342 g/mol. The molecule has 0 aliphatic heterocycles. The van der Waals surface area contributed by atoms with E-state index in [9.17, 15) is 4.79 Å². The van der Waals surface area contributed by atoms with Gasteiger partial charge in [0.1, 0.15) is 18.1 Å². The van der Waals surface area contributed by atoms with E-state index in [1.54, 1.807) is 14.0 Å². The minimum Gasteiger partial charge on any atom is -0.496 e. The second-order valence-electron chi connectivity index (χ2n) is 6.06. The Kier molecular flexibility index (Phi) is 6.45. The number of carbonyl (C=O) groups excluding carboxylic acids is 1. The molecule has 0 spiro atoms. The van der Waals surface area contributed by atoms with Gasteiger partial charge in [0.05, 0.1) is 20.1 Å². The SMILES string of the molecule is CCOC(=O)Cc1ccc(C)c(OCc2c(C)ccc(OC)c2C)c1. The summed E-state index contributed by atoms with van der Waals surface area (Å²) in [6, 6.07) is 9.82. The van der Waals surface area contributed by atoms with Crippen LogP contribution in [0.3, 0.4) is 0 Å². The molecule has 2 aromatic rings. The number of esters is 1. The van der Waals surface area contributed by atoms with E-state index in [1.807, 2.05) is 44.2 Å². The maximum Gasteiger partial charge on any atom is 0.310 e. The van der Waals surface area contributed by atoms with Gasteiger partial charge in [-0.15, -0.1) is 0 Å². The number of benzene rings is 2. The number of methoxy groups -OCH3 is 1. The monoisotopic (exact) mass is 342 g/mol. The molecule has 0 bridgehead atoms. The van der Waals surface area contributed by atoms with E-state index in [1.165, 1.54) is 5.56 Å². The Morgan fingerprint density at radius 2 is 1.72 bits per heavy atom. The highest BCUT2D eigenvalue weighted by molar-refractivity contribution is 5.72. The van der Waals surface area contributed by atoms with Gasteiger partial charge in [-0.1, -0.05) is 18.2 Å². The number of hydrogen-bond acceptors (Lipinski definition) is 4. The third-order valence-electron chi connectivity index (χ3n) is 4.28. The van der Waals surface area contributed by atoms with Gasteiger partial charge < -0.3 is 14.2 Å². The average Bonchev–Trinajstić information content (AvgIpc) is 2.57. The van der Waals surface area contributed by atoms with E-state index >= 15 is 0 Å². The molecule has 0 unspecified atom stereocenters. The molecule has 0 radical (unpaired) electrons. The van der Waals surface area contributed by atoms with Gasteiger partial charge in [0, 0.05) is 0 Å². The van der Waals surface area contributed by atoms with Gasteiger partial charge >= 0.3 is 5.97 Å². The molecule has 0 saturated carbocycles. The molecule has 2 aromatic carbocycles. The largest absolute Gasteiger partial charge is 0.496 e. The summed E-state index contributed by atoms with van der Waals surface area (Å²) in [5, 5.41) is 0. The fourth-order valence-corrected chi connectivity index (χ4v) is 2.75. The first kappa shape index (κ1) is 18.8. The molecule has 0 heterocycles. The van der Waals surface area contributed by atoms with Crippen molar-refractivity contribution in [1.82, 2.24) is 0 Å². The lowest BCUT2D eigenvalue weighted by molar-refractivity contribution is -0.142. The van der Waals surface area contributed by atoms with E-state index in [-0.39, 0.29) is 12.4 Å². The molecule has 0 fully saturated rings. The van der Waals surface area contributed by atoms with Crippen LogP contribution in [0.25, 0.3) is 0 Å². The van der Waals surface area contributed by atoms with Crippen LogP contribution in [0.5, 0.6) is 11.5 Å². The summed E-state index contributed by atoms with van der Waals surface area (Å²) in [6.45, 7) is 8.75. The summed E-state index contributed by atoms with van der Waals surface area (Å²) < 4.78 is 16.5. The predicted octanol–water partition coefficient (Wildman–Crippen LogP) is 4.31. The lowest BCUT2D eigenvalue weighted by atomic mass is 10.0. The Hall–Kier alpha value is -2.49. The van der Waals surface area contributed by atoms with Gasteiger partial charge in [0.2, 0.25) is 0 Å². The second-order valence-corrected chi connectivity index (χ2v) is 6.06. The lowest BCUT2D eigenvalue weighted by Gasteiger charge is -2.16. The molecule has 2 rings (SSSR count). The van der Waals surface area contributed by atoms with Crippen LogP contribution in [0.2, 0.25) is 0 Å². The van der Waals surface area contributed by atoms with Crippen molar-refractivity contribution in [3.05, 3.63) is 58.1 Å². The molecule has 134 valence electrons. The highest BCUT2D eigenvalue weighted by atomic mass is 16.5. The number of hydrogen-bond donors (Lipinski definition) is 0. The molecular weight excluding hydrogens is 316 g/mol. The van der Waals surface area contributed by atoms with Gasteiger partial charge in [0.25, 0.3) is 0 Å². The molecule has 25 heavy (non-hydrogen) atoms. The number of rotatable bonds is 7. The molecule has 0 saturated heterocycles. The molecular formula is C21H26O4. The quantitative estimate of drug-likeness (QED) is 0.704. The first-order chi connectivity index (χ1) is 12.0. The number of carbonyl (C=O) groups is 1. The van der Waals surface area contributed by atoms with Crippen molar-refractivity contribution in [2.45, 2.75) is 40.7 Å². The topological polar surface area (TPSA) is 44.8 Å². The summed E-state index contributed by atoms with van der Waals surface area (Å²) in [5.74, 6) is 1.41. The first-order valence-electron chi connectivity index (χ1n) is 8.47. The van der Waals surface area contributed by atoms with Crippen LogP contribution in [0.15, 0.2) is 30.3 Å². The second kappa shape index (κ2) is 8.56. The highest BCUT2D eigenvalue weighted by Gasteiger charge is 2.11. The zero-order valence-corrected chi connectivity index (χ0v) is 15.6. The summed E-state index contributed by atoms with van der Waals surface area (Å²) in [7, 11) is 1.67. The van der Waals surface area contributed by atoms with Crippen LogP contribution in [0, 0.1) is 20.8 Å². The minimum atomic E-state index is -0.225. The number of aryl methyl sites for hydroxylation is 2. The van der Waals surface area contributed by atoms with Gasteiger partial charge in [-0.3, -0.25) is 4.79 Å². The Labute approximate surface area is 149 Å². The molecule has 0 aromatic heterocycles. The molecule has 0 atom stereocenters. The van der Waals surface area contributed by atoms with E-state index in [0.717, 1.165) is 33.8 Å². The van der Waals surface area contributed by atoms with Crippen molar-refractivity contribution in [3.8, 4) is 11.5 Å². The Balaban J connectivity index is 2.17. The Morgan fingerprint density at radius 3 is 2.40 bits per heavy atom. The van der Waals surface area contributed by atoms with Crippen LogP contribution < -0.4 is 9.47 Å². The fraction of sp³-hybridized carbons (Fsp3) is 0.381. The van der Waals surface area contributed by atoms with Crippen molar-refractivity contribution in [2.24, 2.45) is 0 Å². The maximum absolute atomic E-state index is 11.7. The van der Waals surface area contributed by atoms with Crippen LogP contribution >= 0.6 is 0 Å². The normalized spacial score (nSPS) is 10.4. The Morgan fingerprint density at radius 1 is 1.00 bits per heavy atom. The van der Waals surface area contributed by atoms with E-state index in [0.29, 0.717) is 13.2 Å². The lowest BCUT2D eigenvalue weighted by Crippen LogP contribution is -2.08. The summed E-state index contributed by atoms with van der Waals surface area (Å²) in [5.41, 5.74) is 5.29. The van der Waals surface area contributed by atoms with Crippen LogP contribution in [-0.2, 0) is 22.6 Å². The van der Waals surface area contributed by atoms with Crippen molar-refractivity contribution in [1.29, 1.82) is 0 Å². The van der Waals surface area contributed by atoms with Gasteiger partial charge in [-0.25, -0.2) is 0 Å². The van der Waals surface area contributed by atoms with Crippen LogP contribution in [0.1, 0.15) is 34.7 Å². The third kappa shape index (κ3) is 4.75. The molecule has 0 aliphatic carbocycles. The van der Waals surface area contributed by atoms with Gasteiger partial charge in [-0.2, -0.15) is 0 Å². The zero-order valence-electron chi connectivity index (χ0n) is 15.6. The van der Waals surface area contributed by atoms with Crippen LogP contribution in [-0.4, -0.2) is 19.7 Å². The molecule has 0 amide bonds. The van der Waals surface area contributed by atoms with Gasteiger partial charge in [-0.05, 0) is 67.6 Å². The third-order valence-corrected chi connectivity index (χ3v) is 4.28. The number of ether oxygens (including phenoxy) is 3. The fourth-order valence-electron chi connectivity index (χ4n) is 2.75. The van der Waals surface area contributed by atoms with E-state index in [2.05, 4.69) is 6.92 Å². The summed E-state index contributed by atoms with van der Waals surface area (Å²) >= 11 is 0. The summed E-state index contributed by atoms with van der Waals surface area (Å²) in [4.78, 5) is 11.7.